The number of nitrogens with one attached hydrogen (secondary N) is 2. The van der Waals surface area contributed by atoms with Crippen molar-refractivity contribution in [3.05, 3.63) is 29.3 Å². The van der Waals surface area contributed by atoms with Crippen molar-refractivity contribution in [1.82, 2.24) is 5.32 Å². The lowest BCUT2D eigenvalue weighted by atomic mass is 9.99. The Morgan fingerprint density at radius 2 is 2.11 bits per heavy atom. The monoisotopic (exact) mass is 258 g/mol. The van der Waals surface area contributed by atoms with Crippen LogP contribution in [-0.4, -0.2) is 12.5 Å². The highest BCUT2D eigenvalue weighted by molar-refractivity contribution is 5.79. The van der Waals surface area contributed by atoms with Gasteiger partial charge in [0.1, 0.15) is 0 Å². The van der Waals surface area contributed by atoms with Crippen LogP contribution >= 0.6 is 0 Å². The van der Waals surface area contributed by atoms with Gasteiger partial charge in [-0.3, -0.25) is 4.79 Å². The molecule has 0 bridgehead atoms. The Morgan fingerprint density at radius 1 is 1.26 bits per heavy atom. The summed E-state index contributed by atoms with van der Waals surface area (Å²) >= 11 is 0. The predicted molar refractivity (Wildman–Crippen MR) is 77.1 cm³/mol. The van der Waals surface area contributed by atoms with E-state index < -0.39 is 0 Å². The summed E-state index contributed by atoms with van der Waals surface area (Å²) in [7, 11) is 0. The predicted octanol–water partition coefficient (Wildman–Crippen LogP) is 2.85. The number of anilines is 1. The van der Waals surface area contributed by atoms with E-state index in [9.17, 15) is 4.79 Å². The van der Waals surface area contributed by atoms with Crippen LogP contribution in [0.15, 0.2) is 18.2 Å². The highest BCUT2D eigenvalue weighted by Gasteiger charge is 2.22. The number of carbonyl (C=O) groups excluding carboxylic acids is 1. The van der Waals surface area contributed by atoms with E-state index in [0.29, 0.717) is 6.54 Å². The first-order valence-corrected chi connectivity index (χ1v) is 7.47. The number of hydrogen-bond acceptors (Lipinski definition) is 2. The van der Waals surface area contributed by atoms with Gasteiger partial charge in [-0.2, -0.15) is 0 Å². The minimum absolute atomic E-state index is 0.242. The first kappa shape index (κ1) is 12.5. The largest absolute Gasteiger partial charge is 0.385 e. The van der Waals surface area contributed by atoms with Gasteiger partial charge in [0.15, 0.2) is 0 Å². The molecule has 0 aromatic heterocycles. The maximum absolute atomic E-state index is 12.1. The van der Waals surface area contributed by atoms with E-state index in [1.54, 1.807) is 0 Å². The molecule has 1 fully saturated rings. The molecule has 1 aromatic carbocycles. The number of rotatable bonds is 3. The molecule has 2 aliphatic rings. The van der Waals surface area contributed by atoms with Crippen LogP contribution in [0.4, 0.5) is 5.69 Å². The molecule has 3 heteroatoms. The number of fused-ring (bicyclic) bond motifs is 1. The lowest BCUT2D eigenvalue weighted by Gasteiger charge is -2.21. The summed E-state index contributed by atoms with van der Waals surface area (Å²) in [5.74, 6) is 0.499. The maximum Gasteiger partial charge on any atom is 0.223 e. The standard InChI is InChI=1S/C16H22N2O/c19-16(13-5-1-2-6-13)18-11-14-8-3-7-12-9-4-10-17-15(12)14/h3,7-8,13,17H,1-2,4-6,9-11H2,(H,18,19). The number of aryl methyl sites for hydroxylation is 1. The van der Waals surface area contributed by atoms with Crippen molar-refractivity contribution in [3.8, 4) is 0 Å². The second kappa shape index (κ2) is 5.64. The lowest BCUT2D eigenvalue weighted by molar-refractivity contribution is -0.124. The Hall–Kier alpha value is -1.51. The Balaban J connectivity index is 1.65. The van der Waals surface area contributed by atoms with Crippen molar-refractivity contribution >= 4 is 11.6 Å². The fourth-order valence-corrected chi connectivity index (χ4v) is 3.24. The van der Waals surface area contributed by atoms with Crippen LogP contribution < -0.4 is 10.6 Å². The van der Waals surface area contributed by atoms with Crippen LogP contribution in [0.3, 0.4) is 0 Å². The molecule has 19 heavy (non-hydrogen) atoms. The SMILES string of the molecule is O=C(NCc1cccc2c1NCCC2)C1CCCC1. The molecule has 1 amide bonds. The Morgan fingerprint density at radius 3 is 2.95 bits per heavy atom. The van der Waals surface area contributed by atoms with E-state index in [0.717, 1.165) is 25.8 Å². The Bertz CT molecular complexity index is 464. The smallest absolute Gasteiger partial charge is 0.223 e. The summed E-state index contributed by atoms with van der Waals surface area (Å²) in [6.45, 7) is 1.70. The molecular formula is C16H22N2O. The fraction of sp³-hybridized carbons (Fsp3) is 0.562. The summed E-state index contributed by atoms with van der Waals surface area (Å²) in [6.07, 6.45) is 6.90. The number of para-hydroxylation sites is 1. The molecule has 1 aliphatic carbocycles. The van der Waals surface area contributed by atoms with Gasteiger partial charge in [-0.1, -0.05) is 31.0 Å². The molecule has 1 heterocycles. The van der Waals surface area contributed by atoms with E-state index in [1.807, 2.05) is 0 Å². The molecule has 0 unspecified atom stereocenters. The average Bonchev–Trinajstić information content (AvgIpc) is 2.99. The minimum Gasteiger partial charge on any atom is -0.385 e. The van der Waals surface area contributed by atoms with Crippen molar-refractivity contribution in [2.45, 2.75) is 45.1 Å². The van der Waals surface area contributed by atoms with Gasteiger partial charge >= 0.3 is 0 Å². The van der Waals surface area contributed by atoms with Gasteiger partial charge in [-0.25, -0.2) is 0 Å². The number of benzene rings is 1. The molecular weight excluding hydrogens is 236 g/mol. The van der Waals surface area contributed by atoms with Gasteiger partial charge in [0.05, 0.1) is 0 Å². The summed E-state index contributed by atoms with van der Waals surface area (Å²) in [5, 5.41) is 6.59. The van der Waals surface area contributed by atoms with Gasteiger partial charge < -0.3 is 10.6 Å². The topological polar surface area (TPSA) is 41.1 Å². The lowest BCUT2D eigenvalue weighted by Crippen LogP contribution is -2.29. The molecule has 0 radical (unpaired) electrons. The third-order valence-electron chi connectivity index (χ3n) is 4.34. The zero-order valence-corrected chi connectivity index (χ0v) is 11.4. The van der Waals surface area contributed by atoms with Crippen LogP contribution in [0.5, 0.6) is 0 Å². The minimum atomic E-state index is 0.242. The third kappa shape index (κ3) is 2.75. The molecule has 3 rings (SSSR count). The summed E-state index contributed by atoms with van der Waals surface area (Å²) in [5.41, 5.74) is 3.86. The van der Waals surface area contributed by atoms with Crippen molar-refractivity contribution in [1.29, 1.82) is 0 Å². The van der Waals surface area contributed by atoms with Crippen molar-refractivity contribution in [2.24, 2.45) is 5.92 Å². The summed E-state index contributed by atoms with van der Waals surface area (Å²) in [6, 6.07) is 6.40. The second-order valence-electron chi connectivity index (χ2n) is 5.68. The average molecular weight is 258 g/mol. The summed E-state index contributed by atoms with van der Waals surface area (Å²) < 4.78 is 0. The van der Waals surface area contributed by atoms with Crippen LogP contribution in [0, 0.1) is 5.92 Å². The fourth-order valence-electron chi connectivity index (χ4n) is 3.24. The number of amides is 1. The van der Waals surface area contributed by atoms with Crippen LogP contribution in [0.25, 0.3) is 0 Å². The number of hydrogen-bond donors (Lipinski definition) is 2. The van der Waals surface area contributed by atoms with E-state index in [1.165, 1.54) is 36.1 Å². The van der Waals surface area contributed by atoms with Crippen molar-refractivity contribution in [3.63, 3.8) is 0 Å². The van der Waals surface area contributed by atoms with Crippen LogP contribution in [-0.2, 0) is 17.8 Å². The molecule has 1 aromatic rings. The third-order valence-corrected chi connectivity index (χ3v) is 4.34. The number of carbonyl (C=O) groups is 1. The highest BCUT2D eigenvalue weighted by Crippen LogP contribution is 2.27. The molecule has 0 atom stereocenters. The molecule has 0 spiro atoms. The van der Waals surface area contributed by atoms with Gasteiger partial charge in [0.2, 0.25) is 5.91 Å². The first-order chi connectivity index (χ1) is 9.34. The van der Waals surface area contributed by atoms with E-state index in [4.69, 9.17) is 0 Å². The van der Waals surface area contributed by atoms with E-state index in [2.05, 4.69) is 28.8 Å². The quantitative estimate of drug-likeness (QED) is 0.875. The maximum atomic E-state index is 12.1. The van der Waals surface area contributed by atoms with Crippen molar-refractivity contribution in [2.75, 3.05) is 11.9 Å². The molecule has 3 nitrogen and oxygen atoms in total. The normalized spacial score (nSPS) is 18.7. The van der Waals surface area contributed by atoms with Gasteiger partial charge in [-0.05, 0) is 36.8 Å². The highest BCUT2D eigenvalue weighted by atomic mass is 16.1. The molecule has 2 N–H and O–H groups in total. The van der Waals surface area contributed by atoms with Crippen LogP contribution in [0.2, 0.25) is 0 Å². The van der Waals surface area contributed by atoms with Crippen molar-refractivity contribution < 1.29 is 4.79 Å². The van der Waals surface area contributed by atoms with E-state index >= 15 is 0 Å². The first-order valence-electron chi connectivity index (χ1n) is 7.47. The molecule has 0 saturated heterocycles. The second-order valence-corrected chi connectivity index (χ2v) is 5.68. The zero-order chi connectivity index (χ0) is 13.1. The molecule has 1 aliphatic heterocycles. The Kier molecular flexibility index (Phi) is 3.72. The van der Waals surface area contributed by atoms with E-state index in [-0.39, 0.29) is 11.8 Å². The van der Waals surface area contributed by atoms with Gasteiger partial charge in [0, 0.05) is 24.7 Å². The van der Waals surface area contributed by atoms with Gasteiger partial charge in [-0.15, -0.1) is 0 Å². The van der Waals surface area contributed by atoms with Gasteiger partial charge in [0.25, 0.3) is 0 Å². The summed E-state index contributed by atoms with van der Waals surface area (Å²) in [4.78, 5) is 12.1. The van der Waals surface area contributed by atoms with Crippen LogP contribution in [0.1, 0.15) is 43.2 Å². The zero-order valence-electron chi connectivity index (χ0n) is 11.4. The molecule has 102 valence electrons. The Labute approximate surface area is 114 Å². The molecule has 1 saturated carbocycles.